The lowest BCUT2D eigenvalue weighted by Gasteiger charge is -2.50. The monoisotopic (exact) mass is 1890 g/mol. The number of anilines is 3. The first kappa shape index (κ1) is 91.5. The summed E-state index contributed by atoms with van der Waals surface area (Å²) in [5, 5.41) is 0.192. The van der Waals surface area contributed by atoms with E-state index in [-0.39, 0.29) is 86.5 Å². The fourth-order valence-corrected chi connectivity index (χ4v) is 30.2. The van der Waals surface area contributed by atoms with Gasteiger partial charge in [0.25, 0.3) is 17.7 Å². The minimum absolute atomic E-state index is 0.00800. The van der Waals surface area contributed by atoms with Gasteiger partial charge in [0.15, 0.2) is 0 Å². The number of fused-ring (bicyclic) bond motifs is 18. The molecule has 6 aromatic carbocycles. The Balaban J connectivity index is 0.000000126. The van der Waals surface area contributed by atoms with Crippen molar-refractivity contribution in [2.24, 2.45) is 70.5 Å². The predicted octanol–water partition coefficient (Wildman–Crippen LogP) is 18.1. The second-order valence-corrected chi connectivity index (χ2v) is 48.9. The molecule has 9 aliphatic heterocycles. The number of amides is 3. The van der Waals surface area contributed by atoms with Gasteiger partial charge < -0.3 is 43.1 Å². The molecule has 3 fully saturated rings. The highest BCUT2D eigenvalue weighted by atomic mass is 35.5. The first-order chi connectivity index (χ1) is 62.1. The average molecular weight is 1890 g/mol. The van der Waals surface area contributed by atoms with Crippen molar-refractivity contribution >= 4 is 105 Å². The third-order valence-electron chi connectivity index (χ3n) is 33.9. The molecule has 3 N–H and O–H groups in total. The van der Waals surface area contributed by atoms with Crippen LogP contribution in [0.5, 0.6) is 17.2 Å². The molecule has 2 unspecified atom stereocenters. The van der Waals surface area contributed by atoms with Gasteiger partial charge in [-0.2, -0.15) is 0 Å². The van der Waals surface area contributed by atoms with E-state index in [4.69, 9.17) is 63.2 Å². The molecule has 24 rings (SSSR count). The van der Waals surface area contributed by atoms with Crippen molar-refractivity contribution in [2.45, 2.75) is 202 Å². The fourth-order valence-electron chi connectivity index (χ4n) is 25.3. The molecule has 6 aromatic rings. The highest BCUT2D eigenvalue weighted by Crippen LogP contribution is 2.57. The molecular weight excluding hydrogens is 1770 g/mol. The van der Waals surface area contributed by atoms with E-state index in [9.17, 15) is 35.4 Å². The van der Waals surface area contributed by atoms with Crippen molar-refractivity contribution in [3.63, 3.8) is 0 Å². The number of carbonyl (C=O) groups is 3. The molecule has 3 amide bonds. The summed E-state index contributed by atoms with van der Waals surface area (Å²) in [6.45, 7) is 17.6. The van der Waals surface area contributed by atoms with Crippen molar-refractivity contribution in [2.75, 3.05) is 101 Å². The summed E-state index contributed by atoms with van der Waals surface area (Å²) in [4.78, 5) is 47.6. The maximum absolute atomic E-state index is 15.3. The van der Waals surface area contributed by atoms with Crippen molar-refractivity contribution < 1.29 is 68.2 Å². The fraction of sp³-hybridized carbons (Fsp3) is 0.553. The molecule has 9 heterocycles. The Bertz CT molecular complexity index is 5970. The lowest BCUT2D eigenvalue weighted by molar-refractivity contribution is -0.00459. The van der Waals surface area contributed by atoms with Gasteiger partial charge >= 0.3 is 0 Å². The molecule has 130 heavy (non-hydrogen) atoms. The van der Waals surface area contributed by atoms with Crippen LogP contribution in [0.15, 0.2) is 138 Å². The van der Waals surface area contributed by atoms with Crippen LogP contribution in [0.4, 0.5) is 21.5 Å². The Hall–Kier alpha value is -7.65. The van der Waals surface area contributed by atoms with E-state index in [2.05, 4.69) is 91.1 Å². The van der Waals surface area contributed by atoms with E-state index in [1.807, 2.05) is 63.4 Å². The smallest absolute Gasteiger partial charge is 0.264 e. The second-order valence-electron chi connectivity index (χ2n) is 41.4. The number of halogens is 4. The first-order valence-electron chi connectivity index (χ1n) is 47.2. The van der Waals surface area contributed by atoms with Crippen molar-refractivity contribution in [3.05, 3.63) is 209 Å². The zero-order valence-electron chi connectivity index (χ0n) is 76.1. The van der Waals surface area contributed by atoms with Crippen LogP contribution < -0.4 is 43.1 Å². The summed E-state index contributed by atoms with van der Waals surface area (Å²) in [5.74, 6) is 7.02. The molecular formula is C103H124Cl3FN6O14S3. The number of benzene rings is 6. The molecule has 20 nitrogen and oxygen atoms in total. The Morgan fingerprint density at radius 1 is 0.485 bits per heavy atom. The number of sulfonamides is 2. The van der Waals surface area contributed by atoms with Gasteiger partial charge in [0.2, 0.25) is 20.0 Å². The van der Waals surface area contributed by atoms with Crippen molar-refractivity contribution in [3.8, 4) is 17.2 Å². The van der Waals surface area contributed by atoms with Crippen LogP contribution in [0.2, 0.25) is 15.1 Å². The number of ether oxygens (including phenoxy) is 6. The first-order valence-corrected chi connectivity index (χ1v) is 53.3. The summed E-state index contributed by atoms with van der Waals surface area (Å²) < 4.78 is 128. The number of rotatable bonds is 3. The van der Waals surface area contributed by atoms with Crippen LogP contribution in [0.1, 0.15) is 202 Å². The number of allylic oxidation sites excluding steroid dienone is 3. The van der Waals surface area contributed by atoms with Gasteiger partial charge in [-0.1, -0.05) is 98.9 Å². The standard InChI is InChI=1S/C35H43ClN2O4S.C34H40ClFN2O5S.C34H41ClN2O5S/c1-22-19-43(4,40)37-33(39)24-8-12-31-30(15-24)38(18-25-7-10-28(25)32(41-3)26-16-34(22,2)17-26)20-35(21-42-31)13-5-6-23-14-27(36)9-11-29(23)35;1-19-20(2)44(40,41)37-33(39)21-7-11-30-29(15-21)38(16-22-6-8-25(22)32(42-3)24-13-23(19)14-24)17-34(18-43-30)12-4-5-26-27(34)9-10-28(35)31(26)36;1-20-21(2)43(39,40)36-33(38)23-7-11-31-30(16-23)37(17-24-6-9-28(24)32(41-3)26-13-25(20)14-26)18-34(19-42-31)12-4-5-22-15-27(35)8-10-29(22)34/h8-9,11-12,14-16,22,25,28,32H,4-7,10,13,17-21H2,1-3H3,(H,37,39,40);7,9-11,13,15,19-20,22-23,25,32H,4-6,8,12,14,16-18H2,1-3H3,(H,37,39);7-8,10-11,13,15-16,20-21,24-25,28,32H,4-6,9,12,14,17-19H2,1-3H3,(H,36,38)/t22-,25+,28-,32+,34?,35+,43?;19-,20-,22+,23+,25-,32+,34+;20-,21-,24+,25+,28-,32+,34+/m111/s1. The van der Waals surface area contributed by atoms with Crippen LogP contribution in [0.25, 0.3) is 0 Å². The number of carbonyl (C=O) groups excluding carboxylic acids is 3. The molecule has 12 bridgehead atoms. The molecule has 18 aliphatic rings. The van der Waals surface area contributed by atoms with E-state index in [0.29, 0.717) is 96.5 Å². The second kappa shape index (κ2) is 35.2. The largest absolute Gasteiger partial charge is 0.490 e. The van der Waals surface area contributed by atoms with Crippen LogP contribution >= 0.6 is 34.8 Å². The Kier molecular flexibility index (Phi) is 24.8. The van der Waals surface area contributed by atoms with Crippen molar-refractivity contribution in [1.82, 2.24) is 14.2 Å². The van der Waals surface area contributed by atoms with E-state index < -0.39 is 57.5 Å². The molecule has 0 saturated heterocycles. The molecule has 3 saturated carbocycles. The quantitative estimate of drug-likeness (QED) is 0.110. The molecule has 0 aromatic heterocycles. The molecule has 9 aliphatic carbocycles. The van der Waals surface area contributed by atoms with Gasteiger partial charge in [0, 0.05) is 119 Å². The van der Waals surface area contributed by atoms with E-state index in [1.54, 1.807) is 64.5 Å². The highest BCUT2D eigenvalue weighted by Gasteiger charge is 2.54. The number of aryl methyl sites for hydroxylation is 2. The lowest BCUT2D eigenvalue weighted by atomic mass is 9.60. The predicted molar refractivity (Wildman–Crippen MR) is 512 cm³/mol. The molecule has 696 valence electrons. The molecule has 21 atom stereocenters. The topological polar surface area (TPSA) is 238 Å². The van der Waals surface area contributed by atoms with Crippen LogP contribution in [-0.2, 0) is 79.5 Å². The van der Waals surface area contributed by atoms with Crippen molar-refractivity contribution in [1.29, 1.82) is 0 Å². The Morgan fingerprint density at radius 2 is 0.854 bits per heavy atom. The number of nitrogens with zero attached hydrogens (tertiary/aromatic N) is 3. The summed E-state index contributed by atoms with van der Waals surface area (Å²) in [6.07, 6.45) is 24.6. The van der Waals surface area contributed by atoms with Crippen LogP contribution in [-0.4, -0.2) is 160 Å². The summed E-state index contributed by atoms with van der Waals surface area (Å²) in [6, 6.07) is 32.3. The number of nitrogens with one attached hydrogen (secondary N) is 3. The van der Waals surface area contributed by atoms with E-state index in [0.717, 1.165) is 186 Å². The van der Waals surface area contributed by atoms with Gasteiger partial charge in [-0.3, -0.25) is 19.1 Å². The maximum Gasteiger partial charge on any atom is 0.264 e. The maximum atomic E-state index is 15.3. The zero-order valence-corrected chi connectivity index (χ0v) is 80.8. The number of hydrogen-bond donors (Lipinski definition) is 3. The third kappa shape index (κ3) is 16.8. The molecule has 27 heteroatoms. The summed E-state index contributed by atoms with van der Waals surface area (Å²) in [7, 11) is -5.24. The highest BCUT2D eigenvalue weighted by molar-refractivity contribution is 7.99. The molecule has 3 spiro atoms. The van der Waals surface area contributed by atoms with Crippen LogP contribution in [0, 0.1) is 76.3 Å². The van der Waals surface area contributed by atoms with Gasteiger partial charge in [0.1, 0.15) is 23.1 Å². The average Bonchev–Trinajstić information content (AvgIpc) is 1.01. The molecule has 0 radical (unpaired) electrons. The van der Waals surface area contributed by atoms with Crippen LogP contribution in [0.3, 0.4) is 0 Å². The summed E-state index contributed by atoms with van der Waals surface area (Å²) >= 11 is 19.1. The Labute approximate surface area is 781 Å². The van der Waals surface area contributed by atoms with Gasteiger partial charge in [-0.25, -0.2) is 34.9 Å². The number of hydrogen-bond acceptors (Lipinski definition) is 17. The summed E-state index contributed by atoms with van der Waals surface area (Å²) in [5.41, 5.74) is 13.3. The SMILES string of the molecule is C=S1(=O)C[C@@H](C)C2(C)C=C(C2)[C@H](OC)[C@@H]2CC[C@H]2CN2C[C@@]3(CCCc4cc(Cl)ccc43)COc3ccc(cc32)C(=O)N1.CO[C@H]1C2=C[C@@H](C2)[C@H](C)[C@@H](C)S(=O)(=O)NC(=O)c2ccc3c(c2)N(C[C@@H]2CC[C@H]21)C[C@@]1(CCCc2c1ccc(Cl)c2F)CO3.CO[C@H]1C2=C[C@@H](C2)[C@H](C)[C@@H](C)S(=O)(=O)NC(=O)c2ccc3c(c2)N(C[C@@H]2CC[C@H]21)C[C@@]1(CCCc2cc(Cl)ccc21)CO3. The third-order valence-corrected chi connectivity index (χ3v) is 40.0. The Morgan fingerprint density at radius 3 is 1.24 bits per heavy atom. The van der Waals surface area contributed by atoms with E-state index in [1.165, 1.54) is 39.0 Å². The van der Waals surface area contributed by atoms with Gasteiger partial charge in [-0.15, -0.1) is 0 Å². The lowest BCUT2D eigenvalue weighted by Crippen LogP contribution is -2.51. The van der Waals surface area contributed by atoms with Gasteiger partial charge in [-0.05, 0) is 341 Å². The normalized spacial score (nSPS) is 35.3. The zero-order chi connectivity index (χ0) is 91.2. The minimum Gasteiger partial charge on any atom is -0.490 e. The van der Waals surface area contributed by atoms with E-state index >= 15 is 4.39 Å². The number of methoxy groups -OCH3 is 3. The minimum atomic E-state index is -3.93. The van der Waals surface area contributed by atoms with Gasteiger partial charge in [0.05, 0.1) is 70.7 Å².